The Labute approximate surface area is 113 Å². The summed E-state index contributed by atoms with van der Waals surface area (Å²) in [5.74, 6) is -0.386. The summed E-state index contributed by atoms with van der Waals surface area (Å²) in [4.78, 5) is 0. The number of hydrogen-bond donors (Lipinski definition) is 2. The summed E-state index contributed by atoms with van der Waals surface area (Å²) in [6, 6.07) is 10.7. The maximum atomic E-state index is 13.7. The van der Waals surface area contributed by atoms with Gasteiger partial charge in [-0.25, -0.2) is 4.39 Å². The summed E-state index contributed by atoms with van der Waals surface area (Å²) in [5.41, 5.74) is 5.34. The monoisotopic (exact) mass is 280 g/mol. The third kappa shape index (κ3) is 2.95. The molecule has 0 aliphatic heterocycles. The third-order valence-electron chi connectivity index (χ3n) is 2.38. The van der Waals surface area contributed by atoms with E-state index in [4.69, 9.17) is 27.3 Å². The van der Waals surface area contributed by atoms with Crippen molar-refractivity contribution < 1.29 is 14.3 Å². The van der Waals surface area contributed by atoms with Gasteiger partial charge in [0, 0.05) is 5.02 Å². The van der Waals surface area contributed by atoms with Crippen molar-refractivity contribution >= 4 is 17.4 Å². The highest BCUT2D eigenvalue weighted by molar-refractivity contribution is 6.30. The van der Waals surface area contributed by atoms with E-state index in [9.17, 15) is 4.39 Å². The number of ether oxygens (including phenoxy) is 1. The Morgan fingerprint density at radius 1 is 1.21 bits per heavy atom. The van der Waals surface area contributed by atoms with E-state index < -0.39 is 5.82 Å². The van der Waals surface area contributed by atoms with Crippen LogP contribution in [0.5, 0.6) is 11.5 Å². The first kappa shape index (κ1) is 13.2. The van der Waals surface area contributed by atoms with Crippen molar-refractivity contribution in [1.82, 2.24) is 0 Å². The molecule has 0 saturated carbocycles. The first-order valence-corrected chi connectivity index (χ1v) is 5.69. The van der Waals surface area contributed by atoms with Gasteiger partial charge >= 0.3 is 0 Å². The minimum Gasteiger partial charge on any atom is -0.456 e. The summed E-state index contributed by atoms with van der Waals surface area (Å²) in [7, 11) is 0. The van der Waals surface area contributed by atoms with E-state index in [0.29, 0.717) is 10.8 Å². The lowest BCUT2D eigenvalue weighted by Crippen LogP contribution is -2.16. The van der Waals surface area contributed by atoms with Crippen molar-refractivity contribution in [3.05, 3.63) is 58.9 Å². The Morgan fingerprint density at radius 2 is 1.89 bits per heavy atom. The molecule has 0 aromatic heterocycles. The summed E-state index contributed by atoms with van der Waals surface area (Å²) >= 11 is 5.76. The second-order valence-corrected chi connectivity index (χ2v) is 4.09. The van der Waals surface area contributed by atoms with Gasteiger partial charge in [-0.3, -0.25) is 0 Å². The Bertz CT molecular complexity index is 615. The number of oxime groups is 1. The maximum Gasteiger partial charge on any atom is 0.176 e. The number of rotatable bonds is 3. The predicted octanol–water partition coefficient (Wildman–Crippen LogP) is 3.37. The molecule has 6 heteroatoms. The highest BCUT2D eigenvalue weighted by Crippen LogP contribution is 2.27. The van der Waals surface area contributed by atoms with Gasteiger partial charge in [0.15, 0.2) is 5.84 Å². The normalized spacial score (nSPS) is 11.4. The second-order valence-electron chi connectivity index (χ2n) is 3.65. The molecule has 0 amide bonds. The molecule has 0 spiro atoms. The van der Waals surface area contributed by atoms with Gasteiger partial charge in [0.1, 0.15) is 17.3 Å². The van der Waals surface area contributed by atoms with Crippen LogP contribution in [0.2, 0.25) is 5.02 Å². The fraction of sp³-hybridized carbons (Fsp3) is 0. The van der Waals surface area contributed by atoms with Gasteiger partial charge in [0.25, 0.3) is 0 Å². The van der Waals surface area contributed by atoms with E-state index in [0.717, 1.165) is 0 Å². The predicted molar refractivity (Wildman–Crippen MR) is 70.4 cm³/mol. The minimum absolute atomic E-state index is 0.0973. The lowest BCUT2D eigenvalue weighted by molar-refractivity contribution is 0.318. The largest absolute Gasteiger partial charge is 0.456 e. The molecular weight excluding hydrogens is 271 g/mol. The van der Waals surface area contributed by atoms with Gasteiger partial charge in [-0.1, -0.05) is 22.8 Å². The first-order valence-electron chi connectivity index (χ1n) is 5.31. The third-order valence-corrected chi connectivity index (χ3v) is 2.63. The molecule has 0 unspecified atom stereocenters. The quantitative estimate of drug-likeness (QED) is 0.392. The van der Waals surface area contributed by atoms with Crippen LogP contribution < -0.4 is 10.5 Å². The number of hydrogen-bond acceptors (Lipinski definition) is 3. The van der Waals surface area contributed by atoms with Crippen LogP contribution in [0.25, 0.3) is 0 Å². The zero-order valence-electron chi connectivity index (χ0n) is 9.68. The van der Waals surface area contributed by atoms with Crippen molar-refractivity contribution in [2.45, 2.75) is 0 Å². The minimum atomic E-state index is -0.637. The maximum absolute atomic E-state index is 13.7. The van der Waals surface area contributed by atoms with Crippen molar-refractivity contribution in [2.24, 2.45) is 10.9 Å². The van der Waals surface area contributed by atoms with Crippen molar-refractivity contribution in [3.8, 4) is 11.5 Å². The van der Waals surface area contributed by atoms with E-state index in [-0.39, 0.29) is 17.1 Å². The Hall–Kier alpha value is -2.27. The van der Waals surface area contributed by atoms with Gasteiger partial charge in [-0.2, -0.15) is 0 Å². The Morgan fingerprint density at radius 3 is 2.53 bits per heavy atom. The molecule has 98 valence electrons. The number of nitrogens with two attached hydrogens (primary N) is 1. The molecule has 19 heavy (non-hydrogen) atoms. The standard InChI is InChI=1S/C13H10ClFN2O2/c14-8-4-6-9(7-5-8)19-11-3-1-2-10(15)12(11)13(16)17-18/h1-7,18H,(H2,16,17). The average Bonchev–Trinajstić information content (AvgIpc) is 2.41. The van der Waals surface area contributed by atoms with E-state index in [1.54, 1.807) is 24.3 Å². The summed E-state index contributed by atoms with van der Waals surface area (Å²) in [5, 5.41) is 12.0. The Balaban J connectivity index is 2.40. The first-order chi connectivity index (χ1) is 9.11. The summed E-state index contributed by atoms with van der Waals surface area (Å²) in [6.07, 6.45) is 0. The Kier molecular flexibility index (Phi) is 3.87. The number of nitrogens with zero attached hydrogens (tertiary/aromatic N) is 1. The molecule has 0 radical (unpaired) electrons. The van der Waals surface area contributed by atoms with Crippen molar-refractivity contribution in [1.29, 1.82) is 0 Å². The van der Waals surface area contributed by atoms with Crippen LogP contribution in [0.4, 0.5) is 4.39 Å². The van der Waals surface area contributed by atoms with Gasteiger partial charge in [0.05, 0.1) is 5.56 Å². The fourth-order valence-electron chi connectivity index (χ4n) is 1.52. The molecule has 0 fully saturated rings. The average molecular weight is 281 g/mol. The van der Waals surface area contributed by atoms with E-state index in [2.05, 4.69) is 5.16 Å². The molecule has 4 nitrogen and oxygen atoms in total. The zero-order chi connectivity index (χ0) is 13.8. The van der Waals surface area contributed by atoms with E-state index in [1.807, 2.05) is 0 Å². The molecule has 2 aromatic carbocycles. The molecule has 0 heterocycles. The summed E-state index contributed by atoms with van der Waals surface area (Å²) in [6.45, 7) is 0. The van der Waals surface area contributed by atoms with Gasteiger partial charge in [-0.05, 0) is 36.4 Å². The number of amidine groups is 1. The lowest BCUT2D eigenvalue weighted by Gasteiger charge is -2.10. The highest BCUT2D eigenvalue weighted by Gasteiger charge is 2.14. The van der Waals surface area contributed by atoms with Crippen molar-refractivity contribution in [3.63, 3.8) is 0 Å². The van der Waals surface area contributed by atoms with Crippen molar-refractivity contribution in [2.75, 3.05) is 0 Å². The zero-order valence-corrected chi connectivity index (χ0v) is 10.4. The molecule has 0 saturated heterocycles. The van der Waals surface area contributed by atoms with Crippen LogP contribution in [0.1, 0.15) is 5.56 Å². The van der Waals surface area contributed by atoms with Gasteiger partial charge < -0.3 is 15.7 Å². The van der Waals surface area contributed by atoms with Crippen LogP contribution in [-0.4, -0.2) is 11.0 Å². The number of halogens is 2. The summed E-state index contributed by atoms with van der Waals surface area (Å²) < 4.78 is 19.2. The number of benzene rings is 2. The fourth-order valence-corrected chi connectivity index (χ4v) is 1.64. The van der Waals surface area contributed by atoms with E-state index >= 15 is 0 Å². The van der Waals surface area contributed by atoms with Gasteiger partial charge in [-0.15, -0.1) is 0 Å². The molecule has 0 aliphatic carbocycles. The molecule has 0 bridgehead atoms. The molecule has 2 aromatic rings. The second kappa shape index (κ2) is 5.58. The SMILES string of the molecule is NC(=NO)c1c(F)cccc1Oc1ccc(Cl)cc1. The topological polar surface area (TPSA) is 67.8 Å². The van der Waals surface area contributed by atoms with Crippen LogP contribution in [-0.2, 0) is 0 Å². The molecule has 3 N–H and O–H groups in total. The van der Waals surface area contributed by atoms with Crippen LogP contribution in [0.3, 0.4) is 0 Å². The molecule has 0 aliphatic rings. The van der Waals surface area contributed by atoms with Gasteiger partial charge in [0.2, 0.25) is 0 Å². The molecular formula is C13H10ClFN2O2. The highest BCUT2D eigenvalue weighted by atomic mass is 35.5. The molecule has 0 atom stereocenters. The van der Waals surface area contributed by atoms with Crippen LogP contribution in [0.15, 0.2) is 47.6 Å². The van der Waals surface area contributed by atoms with E-state index in [1.165, 1.54) is 18.2 Å². The smallest absolute Gasteiger partial charge is 0.176 e. The van der Waals surface area contributed by atoms with Crippen LogP contribution in [0, 0.1) is 5.82 Å². The van der Waals surface area contributed by atoms with Crippen LogP contribution >= 0.6 is 11.6 Å². The lowest BCUT2D eigenvalue weighted by atomic mass is 10.1. The molecule has 2 rings (SSSR count).